The lowest BCUT2D eigenvalue weighted by Crippen LogP contribution is -2.32. The van der Waals surface area contributed by atoms with Gasteiger partial charge in [-0.3, -0.25) is 25.8 Å². The van der Waals surface area contributed by atoms with Crippen LogP contribution in [0.1, 0.15) is 11.1 Å². The van der Waals surface area contributed by atoms with E-state index in [1.54, 1.807) is 29.3 Å². The van der Waals surface area contributed by atoms with Crippen LogP contribution in [0, 0.1) is 10.1 Å². The van der Waals surface area contributed by atoms with Crippen molar-refractivity contribution < 1.29 is 9.72 Å². The first-order valence-electron chi connectivity index (χ1n) is 10.4. The molecule has 2 aromatic heterocycles. The van der Waals surface area contributed by atoms with Crippen LogP contribution in [0.15, 0.2) is 91.4 Å². The molecule has 0 atom stereocenters. The Bertz CT molecular complexity index is 1260. The van der Waals surface area contributed by atoms with Crippen molar-refractivity contribution in [3.05, 3.63) is 113 Å². The number of hydrogen-bond donors (Lipinski definition) is 2. The summed E-state index contributed by atoms with van der Waals surface area (Å²) < 4.78 is 0. The minimum atomic E-state index is -0.581. The van der Waals surface area contributed by atoms with Gasteiger partial charge in [-0.1, -0.05) is 66.7 Å². The van der Waals surface area contributed by atoms with E-state index in [4.69, 9.17) is 0 Å². The van der Waals surface area contributed by atoms with Crippen LogP contribution in [-0.4, -0.2) is 25.8 Å². The SMILES string of the molecule is O=C(Cc1ccccc1)NNc1ncnc(N(Cc2ccccc2)c2ccccn2)c1[N+](=O)[O-]. The van der Waals surface area contributed by atoms with Crippen molar-refractivity contribution in [3.8, 4) is 0 Å². The van der Waals surface area contributed by atoms with Crippen molar-refractivity contribution in [1.29, 1.82) is 0 Å². The number of nitro groups is 1. The number of hydrazine groups is 1. The zero-order chi connectivity index (χ0) is 23.8. The summed E-state index contributed by atoms with van der Waals surface area (Å²) in [6, 6.07) is 23.9. The molecule has 170 valence electrons. The summed E-state index contributed by atoms with van der Waals surface area (Å²) in [5, 5.41) is 12.1. The van der Waals surface area contributed by atoms with Crippen molar-refractivity contribution in [2.45, 2.75) is 13.0 Å². The maximum Gasteiger partial charge on any atom is 0.355 e. The molecule has 0 aliphatic heterocycles. The Labute approximate surface area is 195 Å². The molecule has 0 bridgehead atoms. The van der Waals surface area contributed by atoms with E-state index in [9.17, 15) is 14.9 Å². The number of carbonyl (C=O) groups excluding carboxylic acids is 1. The summed E-state index contributed by atoms with van der Waals surface area (Å²) in [6.45, 7) is 0.287. The molecule has 10 nitrogen and oxygen atoms in total. The molecule has 0 unspecified atom stereocenters. The van der Waals surface area contributed by atoms with E-state index in [0.717, 1.165) is 11.1 Å². The highest BCUT2D eigenvalue weighted by Crippen LogP contribution is 2.35. The summed E-state index contributed by atoms with van der Waals surface area (Å²) in [4.78, 5) is 38.0. The average Bonchev–Trinajstić information content (AvgIpc) is 2.87. The lowest BCUT2D eigenvalue weighted by Gasteiger charge is -2.23. The van der Waals surface area contributed by atoms with Gasteiger partial charge >= 0.3 is 5.69 Å². The molecule has 1 amide bonds. The van der Waals surface area contributed by atoms with Crippen molar-refractivity contribution in [3.63, 3.8) is 0 Å². The third kappa shape index (κ3) is 5.49. The molecule has 2 aromatic carbocycles. The molecule has 10 heteroatoms. The standard InChI is InChI=1S/C24H21N7O3/c32-21(15-18-9-3-1-4-10-18)28-29-23-22(31(33)34)24(27-17-26-23)30(20-13-7-8-14-25-20)16-19-11-5-2-6-12-19/h1-14,17H,15-16H2,(H,28,32)(H,26,27,29). The fraction of sp³-hybridized carbons (Fsp3) is 0.0833. The van der Waals surface area contributed by atoms with Crippen LogP contribution in [-0.2, 0) is 17.8 Å². The van der Waals surface area contributed by atoms with Crippen LogP contribution >= 0.6 is 0 Å². The molecule has 0 radical (unpaired) electrons. The lowest BCUT2D eigenvalue weighted by atomic mass is 10.1. The Kier molecular flexibility index (Phi) is 6.99. The van der Waals surface area contributed by atoms with Gasteiger partial charge in [0.25, 0.3) is 0 Å². The van der Waals surface area contributed by atoms with Crippen molar-refractivity contribution in [2.24, 2.45) is 0 Å². The minimum absolute atomic E-state index is 0.0439. The van der Waals surface area contributed by atoms with Crippen molar-refractivity contribution >= 4 is 29.0 Å². The fourth-order valence-electron chi connectivity index (χ4n) is 3.32. The van der Waals surface area contributed by atoms with Gasteiger partial charge in [0, 0.05) is 6.20 Å². The second-order valence-electron chi connectivity index (χ2n) is 7.25. The molecule has 0 fully saturated rings. The highest BCUT2D eigenvalue weighted by Gasteiger charge is 2.29. The van der Waals surface area contributed by atoms with Crippen LogP contribution in [0.25, 0.3) is 0 Å². The number of nitrogens with zero attached hydrogens (tertiary/aromatic N) is 5. The molecule has 4 rings (SSSR count). The molecule has 0 saturated heterocycles. The highest BCUT2D eigenvalue weighted by molar-refractivity contribution is 5.81. The molecule has 0 spiro atoms. The van der Waals surface area contributed by atoms with Crippen LogP contribution < -0.4 is 15.8 Å². The third-order valence-corrected chi connectivity index (χ3v) is 4.88. The molecular weight excluding hydrogens is 434 g/mol. The molecule has 0 aliphatic carbocycles. The molecule has 0 aliphatic rings. The number of anilines is 3. The largest absolute Gasteiger partial charge is 0.355 e. The first kappa shape index (κ1) is 22.3. The zero-order valence-electron chi connectivity index (χ0n) is 18.0. The Morgan fingerprint density at radius 2 is 1.56 bits per heavy atom. The maximum absolute atomic E-state index is 12.3. The molecule has 4 aromatic rings. The van der Waals surface area contributed by atoms with Gasteiger partial charge < -0.3 is 4.90 Å². The number of aromatic nitrogens is 3. The Morgan fingerprint density at radius 1 is 0.882 bits per heavy atom. The van der Waals surface area contributed by atoms with Crippen molar-refractivity contribution in [1.82, 2.24) is 20.4 Å². The van der Waals surface area contributed by atoms with Crippen LogP contribution in [0.4, 0.5) is 23.1 Å². The summed E-state index contributed by atoms with van der Waals surface area (Å²) in [5.41, 5.74) is 6.40. The minimum Gasteiger partial charge on any atom is -0.301 e. The maximum atomic E-state index is 12.3. The summed E-state index contributed by atoms with van der Waals surface area (Å²) in [7, 11) is 0. The number of benzene rings is 2. The van der Waals surface area contributed by atoms with Crippen LogP contribution in [0.2, 0.25) is 0 Å². The number of pyridine rings is 1. The van der Waals surface area contributed by atoms with Gasteiger partial charge in [0.1, 0.15) is 12.1 Å². The zero-order valence-corrected chi connectivity index (χ0v) is 18.0. The Morgan fingerprint density at radius 3 is 2.21 bits per heavy atom. The molecular formula is C24H21N7O3. The highest BCUT2D eigenvalue weighted by atomic mass is 16.6. The van der Waals surface area contributed by atoms with E-state index in [1.165, 1.54) is 6.33 Å². The van der Waals surface area contributed by atoms with Crippen LogP contribution in [0.3, 0.4) is 0 Å². The van der Waals surface area contributed by atoms with Crippen molar-refractivity contribution in [2.75, 3.05) is 10.3 Å². The monoisotopic (exact) mass is 455 g/mol. The smallest absolute Gasteiger partial charge is 0.301 e. The lowest BCUT2D eigenvalue weighted by molar-refractivity contribution is -0.383. The molecule has 34 heavy (non-hydrogen) atoms. The first-order chi connectivity index (χ1) is 16.6. The summed E-state index contributed by atoms with van der Waals surface area (Å²) in [6.07, 6.45) is 2.91. The summed E-state index contributed by atoms with van der Waals surface area (Å²) >= 11 is 0. The number of nitrogens with one attached hydrogen (secondary N) is 2. The molecule has 0 saturated carbocycles. The average molecular weight is 455 g/mol. The molecule has 2 heterocycles. The van der Waals surface area contributed by atoms with Gasteiger partial charge in [-0.15, -0.1) is 0 Å². The fourth-order valence-corrected chi connectivity index (χ4v) is 3.32. The summed E-state index contributed by atoms with van der Waals surface area (Å²) in [5.74, 6) is 0.0199. The van der Waals surface area contributed by atoms with Gasteiger partial charge in [-0.25, -0.2) is 15.0 Å². The van der Waals surface area contributed by atoms with E-state index in [2.05, 4.69) is 25.8 Å². The quantitative estimate of drug-likeness (QED) is 0.288. The van der Waals surface area contributed by atoms with E-state index >= 15 is 0 Å². The normalized spacial score (nSPS) is 10.4. The number of amides is 1. The Balaban J connectivity index is 1.64. The third-order valence-electron chi connectivity index (χ3n) is 4.88. The van der Waals surface area contributed by atoms with Crippen LogP contribution in [0.5, 0.6) is 0 Å². The Hall–Kier alpha value is -4.86. The topological polar surface area (TPSA) is 126 Å². The second-order valence-corrected chi connectivity index (χ2v) is 7.25. The van der Waals surface area contributed by atoms with Gasteiger partial charge in [0.2, 0.25) is 17.5 Å². The van der Waals surface area contributed by atoms with E-state index in [1.807, 2.05) is 60.7 Å². The predicted octanol–water partition coefficient (Wildman–Crippen LogP) is 3.80. The van der Waals surface area contributed by atoms with Gasteiger partial charge in [-0.05, 0) is 23.3 Å². The number of carbonyl (C=O) groups is 1. The molecule has 2 N–H and O–H groups in total. The first-order valence-corrected chi connectivity index (χ1v) is 10.4. The van der Waals surface area contributed by atoms with E-state index in [-0.39, 0.29) is 36.2 Å². The van der Waals surface area contributed by atoms with Gasteiger partial charge in [-0.2, -0.15) is 0 Å². The second kappa shape index (κ2) is 10.6. The van der Waals surface area contributed by atoms with E-state index < -0.39 is 4.92 Å². The van der Waals surface area contributed by atoms with Gasteiger partial charge in [0.15, 0.2) is 0 Å². The number of rotatable bonds is 9. The van der Waals surface area contributed by atoms with Gasteiger partial charge in [0.05, 0.1) is 17.9 Å². The van der Waals surface area contributed by atoms with E-state index in [0.29, 0.717) is 5.82 Å². The predicted molar refractivity (Wildman–Crippen MR) is 127 cm³/mol. The number of hydrogen-bond acceptors (Lipinski definition) is 8.